The van der Waals surface area contributed by atoms with Gasteiger partial charge in [-0.3, -0.25) is 9.59 Å². The van der Waals surface area contributed by atoms with Crippen molar-refractivity contribution in [3.05, 3.63) is 0 Å². The molecule has 0 bridgehead atoms. The summed E-state index contributed by atoms with van der Waals surface area (Å²) in [5, 5.41) is 9.68. The topological polar surface area (TPSA) is 76.4 Å². The number of carbonyl (C=O) groups is 2. The van der Waals surface area contributed by atoms with Gasteiger partial charge in [-0.25, -0.2) is 0 Å². The number of nitrogens with zero attached hydrogens (tertiary/aromatic N) is 1. The van der Waals surface area contributed by atoms with E-state index in [2.05, 4.69) is 6.07 Å². The van der Waals surface area contributed by atoms with Crippen LogP contribution in [-0.4, -0.2) is 25.2 Å². The van der Waals surface area contributed by atoms with Crippen LogP contribution in [0.25, 0.3) is 0 Å². The van der Waals surface area contributed by atoms with Crippen LogP contribution in [0.5, 0.6) is 0 Å². The highest BCUT2D eigenvalue weighted by Gasteiger charge is 2.51. The lowest BCUT2D eigenvalue weighted by Crippen LogP contribution is -2.44. The van der Waals surface area contributed by atoms with Crippen molar-refractivity contribution < 1.29 is 19.1 Å². The molecular weight excluding hydrogens is 270 g/mol. The van der Waals surface area contributed by atoms with Gasteiger partial charge < -0.3 is 9.47 Å². The van der Waals surface area contributed by atoms with Crippen molar-refractivity contribution in [3.8, 4) is 6.07 Å². The maximum absolute atomic E-state index is 12.4. The van der Waals surface area contributed by atoms with E-state index in [-0.39, 0.29) is 25.6 Å². The smallest absolute Gasteiger partial charge is 0.327 e. The first-order chi connectivity index (χ1) is 9.89. The average molecular weight is 297 g/mol. The standard InChI is InChI=1S/C16H27NO4/c1-6-9-13(14(18)20-7-2)16(11-17,10-12(4)5)15(19)21-8-3/h12-13H,6-10H2,1-5H3. The van der Waals surface area contributed by atoms with E-state index in [0.717, 1.165) is 0 Å². The third kappa shape index (κ3) is 5.04. The van der Waals surface area contributed by atoms with Gasteiger partial charge in [-0.05, 0) is 32.6 Å². The van der Waals surface area contributed by atoms with E-state index >= 15 is 0 Å². The number of carbonyl (C=O) groups excluding carboxylic acids is 2. The largest absolute Gasteiger partial charge is 0.466 e. The van der Waals surface area contributed by atoms with Crippen LogP contribution in [0.4, 0.5) is 0 Å². The van der Waals surface area contributed by atoms with E-state index in [1.54, 1.807) is 13.8 Å². The third-order valence-electron chi connectivity index (χ3n) is 3.31. The number of nitriles is 1. The molecule has 21 heavy (non-hydrogen) atoms. The van der Waals surface area contributed by atoms with Gasteiger partial charge in [-0.2, -0.15) is 5.26 Å². The Hall–Kier alpha value is -1.57. The summed E-state index contributed by atoms with van der Waals surface area (Å²) in [6.45, 7) is 9.55. The molecule has 0 spiro atoms. The molecule has 0 aliphatic rings. The molecule has 0 saturated heterocycles. The lowest BCUT2D eigenvalue weighted by molar-refractivity contribution is -0.166. The Morgan fingerprint density at radius 3 is 2.10 bits per heavy atom. The molecule has 0 fully saturated rings. The van der Waals surface area contributed by atoms with Crippen LogP contribution in [0.15, 0.2) is 0 Å². The SMILES string of the molecule is CCCC(C(=O)OCC)C(C#N)(CC(C)C)C(=O)OCC. The molecule has 0 saturated carbocycles. The molecule has 0 rings (SSSR count). The second-order valence-corrected chi connectivity index (χ2v) is 5.49. The van der Waals surface area contributed by atoms with Crippen molar-refractivity contribution >= 4 is 11.9 Å². The van der Waals surface area contributed by atoms with E-state index in [9.17, 15) is 14.9 Å². The van der Waals surface area contributed by atoms with E-state index in [4.69, 9.17) is 9.47 Å². The van der Waals surface area contributed by atoms with Crippen molar-refractivity contribution in [3.63, 3.8) is 0 Å². The minimum absolute atomic E-state index is 0.0860. The molecule has 0 aromatic carbocycles. The molecule has 2 unspecified atom stereocenters. The molecule has 5 heteroatoms. The van der Waals surface area contributed by atoms with E-state index in [0.29, 0.717) is 12.8 Å². The van der Waals surface area contributed by atoms with Crippen LogP contribution in [0.1, 0.15) is 53.9 Å². The zero-order chi connectivity index (χ0) is 16.5. The van der Waals surface area contributed by atoms with Crippen LogP contribution in [0.2, 0.25) is 0 Å². The van der Waals surface area contributed by atoms with Crippen molar-refractivity contribution in [2.45, 2.75) is 53.9 Å². The van der Waals surface area contributed by atoms with Crippen LogP contribution in [0, 0.1) is 28.6 Å². The van der Waals surface area contributed by atoms with Crippen LogP contribution >= 0.6 is 0 Å². The first-order valence-electron chi connectivity index (χ1n) is 7.64. The highest BCUT2D eigenvalue weighted by molar-refractivity contribution is 5.88. The number of hydrogen-bond acceptors (Lipinski definition) is 5. The first kappa shape index (κ1) is 19.4. The van der Waals surface area contributed by atoms with Crippen LogP contribution < -0.4 is 0 Å². The van der Waals surface area contributed by atoms with E-state index in [1.807, 2.05) is 20.8 Å². The van der Waals surface area contributed by atoms with Gasteiger partial charge in [0.25, 0.3) is 0 Å². The van der Waals surface area contributed by atoms with Gasteiger partial charge in [-0.1, -0.05) is 27.2 Å². The number of esters is 2. The summed E-state index contributed by atoms with van der Waals surface area (Å²) in [6.07, 6.45) is 1.40. The highest BCUT2D eigenvalue weighted by atomic mass is 16.5. The van der Waals surface area contributed by atoms with Crippen LogP contribution in [-0.2, 0) is 19.1 Å². The van der Waals surface area contributed by atoms with Crippen molar-refractivity contribution in [2.75, 3.05) is 13.2 Å². The minimum Gasteiger partial charge on any atom is -0.466 e. The van der Waals surface area contributed by atoms with Crippen molar-refractivity contribution in [2.24, 2.45) is 17.3 Å². The number of ether oxygens (including phenoxy) is 2. The Labute approximate surface area is 127 Å². The Balaban J connectivity index is 5.72. The zero-order valence-corrected chi connectivity index (χ0v) is 13.8. The minimum atomic E-state index is -1.47. The summed E-state index contributed by atoms with van der Waals surface area (Å²) in [5.41, 5.74) is -1.47. The summed E-state index contributed by atoms with van der Waals surface area (Å²) in [4.78, 5) is 24.7. The number of rotatable bonds is 9. The third-order valence-corrected chi connectivity index (χ3v) is 3.31. The summed E-state index contributed by atoms with van der Waals surface area (Å²) < 4.78 is 10.2. The Bertz CT molecular complexity index is 386. The van der Waals surface area contributed by atoms with E-state index in [1.165, 1.54) is 0 Å². The summed E-state index contributed by atoms with van der Waals surface area (Å²) in [5.74, 6) is -1.81. The maximum Gasteiger partial charge on any atom is 0.327 e. The molecule has 2 atom stereocenters. The molecular formula is C16H27NO4. The van der Waals surface area contributed by atoms with Crippen molar-refractivity contribution in [1.82, 2.24) is 0 Å². The fraction of sp³-hybridized carbons (Fsp3) is 0.812. The molecule has 0 N–H and O–H groups in total. The Morgan fingerprint density at radius 2 is 1.71 bits per heavy atom. The predicted molar refractivity (Wildman–Crippen MR) is 79.2 cm³/mol. The fourth-order valence-corrected chi connectivity index (χ4v) is 2.54. The maximum atomic E-state index is 12.4. The Kier molecular flexibility index (Phi) is 8.68. The molecule has 0 heterocycles. The fourth-order valence-electron chi connectivity index (χ4n) is 2.54. The average Bonchev–Trinajstić information content (AvgIpc) is 2.42. The van der Waals surface area contributed by atoms with Gasteiger partial charge in [0.1, 0.15) is 0 Å². The lowest BCUT2D eigenvalue weighted by atomic mass is 9.69. The van der Waals surface area contributed by atoms with E-state index < -0.39 is 23.3 Å². The summed E-state index contributed by atoms with van der Waals surface area (Å²) >= 11 is 0. The first-order valence-corrected chi connectivity index (χ1v) is 7.64. The molecule has 0 aromatic heterocycles. The molecule has 0 aromatic rings. The number of hydrogen-bond donors (Lipinski definition) is 0. The Morgan fingerprint density at radius 1 is 1.14 bits per heavy atom. The highest BCUT2D eigenvalue weighted by Crippen LogP contribution is 2.39. The summed E-state index contributed by atoms with van der Waals surface area (Å²) in [6, 6.07) is 2.08. The van der Waals surface area contributed by atoms with Gasteiger partial charge in [0.05, 0.1) is 25.2 Å². The molecule has 0 radical (unpaired) electrons. The predicted octanol–water partition coefficient (Wildman–Crippen LogP) is 3.08. The van der Waals surface area contributed by atoms with Gasteiger partial charge in [0.15, 0.2) is 5.41 Å². The quantitative estimate of drug-likeness (QED) is 0.611. The molecule has 0 amide bonds. The molecule has 5 nitrogen and oxygen atoms in total. The normalized spacial score (nSPS) is 14.9. The second kappa shape index (κ2) is 9.38. The lowest BCUT2D eigenvalue weighted by Gasteiger charge is -2.32. The van der Waals surface area contributed by atoms with Gasteiger partial charge in [-0.15, -0.1) is 0 Å². The molecule has 0 aliphatic carbocycles. The molecule has 120 valence electrons. The summed E-state index contributed by atoms with van der Waals surface area (Å²) in [7, 11) is 0. The monoisotopic (exact) mass is 297 g/mol. The second-order valence-electron chi connectivity index (χ2n) is 5.49. The zero-order valence-electron chi connectivity index (χ0n) is 13.8. The van der Waals surface area contributed by atoms with Crippen molar-refractivity contribution in [1.29, 1.82) is 5.26 Å². The van der Waals surface area contributed by atoms with Gasteiger partial charge >= 0.3 is 11.9 Å². The van der Waals surface area contributed by atoms with Crippen LogP contribution in [0.3, 0.4) is 0 Å². The molecule has 0 aliphatic heterocycles. The van der Waals surface area contributed by atoms with Gasteiger partial charge in [0.2, 0.25) is 0 Å². The van der Waals surface area contributed by atoms with Gasteiger partial charge in [0, 0.05) is 0 Å².